The summed E-state index contributed by atoms with van der Waals surface area (Å²) in [5.74, 6) is -1.21. The first-order valence-electron chi connectivity index (χ1n) is 9.20. The van der Waals surface area contributed by atoms with E-state index in [1.54, 1.807) is 49.8 Å². The van der Waals surface area contributed by atoms with Crippen molar-refractivity contribution in [3.63, 3.8) is 0 Å². The first-order chi connectivity index (χ1) is 13.9. The molecule has 8 heteroatoms. The van der Waals surface area contributed by atoms with Crippen molar-refractivity contribution in [1.82, 2.24) is 14.3 Å². The number of aromatic nitrogens is 3. The average Bonchev–Trinajstić information content (AvgIpc) is 2.96. The van der Waals surface area contributed by atoms with Gasteiger partial charge in [-0.15, -0.1) is 0 Å². The maximum absolute atomic E-state index is 12.9. The molecule has 0 saturated heterocycles. The van der Waals surface area contributed by atoms with Crippen LogP contribution in [0.1, 0.15) is 29.4 Å². The zero-order valence-corrected chi connectivity index (χ0v) is 16.5. The lowest BCUT2D eigenvalue weighted by Crippen LogP contribution is -2.33. The van der Waals surface area contributed by atoms with Crippen LogP contribution in [0.25, 0.3) is 5.69 Å². The Morgan fingerprint density at radius 3 is 2.52 bits per heavy atom. The largest absolute Gasteiger partial charge is 0.449 e. The molecule has 0 aliphatic heterocycles. The standard InChI is InChI=1S/C21H22N4O4/c1-4-17(29-21(28)15-9-8-12-22-13-15)19(26)23-18-14(2)24(3)25(20(18)27)16-10-6-5-7-11-16/h5-13,17H,4H2,1-3H3,(H,23,26). The molecule has 2 heterocycles. The topological polar surface area (TPSA) is 95.2 Å². The van der Waals surface area contributed by atoms with Crippen LogP contribution in [-0.2, 0) is 16.6 Å². The number of benzene rings is 1. The molecule has 0 radical (unpaired) electrons. The highest BCUT2D eigenvalue weighted by atomic mass is 16.5. The van der Waals surface area contributed by atoms with Gasteiger partial charge >= 0.3 is 5.97 Å². The summed E-state index contributed by atoms with van der Waals surface area (Å²) < 4.78 is 8.44. The summed E-state index contributed by atoms with van der Waals surface area (Å²) >= 11 is 0. The lowest BCUT2D eigenvalue weighted by molar-refractivity contribution is -0.124. The third-order valence-electron chi connectivity index (χ3n) is 4.61. The molecular formula is C21H22N4O4. The Kier molecular flexibility index (Phi) is 5.92. The molecule has 150 valence electrons. The minimum absolute atomic E-state index is 0.150. The maximum atomic E-state index is 12.9. The van der Waals surface area contributed by atoms with Gasteiger partial charge in [0, 0.05) is 19.4 Å². The molecule has 2 aromatic heterocycles. The highest BCUT2D eigenvalue weighted by molar-refractivity contribution is 5.97. The molecule has 0 saturated carbocycles. The molecule has 1 amide bonds. The molecule has 0 aliphatic rings. The van der Waals surface area contributed by atoms with Gasteiger partial charge in [0.05, 0.1) is 16.9 Å². The fraction of sp³-hybridized carbons (Fsp3) is 0.238. The average molecular weight is 394 g/mol. The second-order valence-electron chi connectivity index (χ2n) is 6.47. The molecule has 1 N–H and O–H groups in total. The first kappa shape index (κ1) is 20.1. The van der Waals surface area contributed by atoms with E-state index in [-0.39, 0.29) is 23.2 Å². The zero-order chi connectivity index (χ0) is 21.0. The third-order valence-corrected chi connectivity index (χ3v) is 4.61. The van der Waals surface area contributed by atoms with E-state index in [1.165, 1.54) is 17.1 Å². The predicted molar refractivity (Wildman–Crippen MR) is 108 cm³/mol. The van der Waals surface area contributed by atoms with Crippen LogP contribution in [0.4, 0.5) is 5.69 Å². The van der Waals surface area contributed by atoms with Crippen molar-refractivity contribution >= 4 is 17.6 Å². The number of para-hydroxylation sites is 1. The van der Waals surface area contributed by atoms with Crippen LogP contribution in [-0.4, -0.2) is 32.3 Å². The van der Waals surface area contributed by atoms with E-state index in [0.29, 0.717) is 11.4 Å². The number of anilines is 1. The van der Waals surface area contributed by atoms with Gasteiger partial charge in [0.2, 0.25) is 0 Å². The molecule has 0 spiro atoms. The highest BCUT2D eigenvalue weighted by Crippen LogP contribution is 2.15. The lowest BCUT2D eigenvalue weighted by atomic mass is 10.2. The number of esters is 1. The maximum Gasteiger partial charge on any atom is 0.340 e. The Bertz CT molecular complexity index is 1070. The molecular weight excluding hydrogens is 372 g/mol. The van der Waals surface area contributed by atoms with E-state index in [2.05, 4.69) is 10.3 Å². The first-order valence-corrected chi connectivity index (χ1v) is 9.20. The highest BCUT2D eigenvalue weighted by Gasteiger charge is 2.25. The molecule has 3 aromatic rings. The number of carbonyl (C=O) groups excluding carboxylic acids is 2. The summed E-state index contributed by atoms with van der Waals surface area (Å²) in [5.41, 5.74) is 1.30. The molecule has 3 rings (SSSR count). The van der Waals surface area contributed by atoms with Gasteiger partial charge in [-0.05, 0) is 37.6 Å². The Hall–Kier alpha value is -3.68. The van der Waals surface area contributed by atoms with Crippen LogP contribution in [0.2, 0.25) is 0 Å². The van der Waals surface area contributed by atoms with Crippen molar-refractivity contribution in [2.45, 2.75) is 26.4 Å². The molecule has 29 heavy (non-hydrogen) atoms. The SMILES string of the molecule is CCC(OC(=O)c1cccnc1)C(=O)Nc1c(C)n(C)n(-c2ccccc2)c1=O. The van der Waals surface area contributed by atoms with Crippen molar-refractivity contribution < 1.29 is 14.3 Å². The molecule has 1 unspecified atom stereocenters. The van der Waals surface area contributed by atoms with E-state index >= 15 is 0 Å². The van der Waals surface area contributed by atoms with Crippen LogP contribution in [0.5, 0.6) is 0 Å². The van der Waals surface area contributed by atoms with Crippen molar-refractivity contribution in [1.29, 1.82) is 0 Å². The summed E-state index contributed by atoms with van der Waals surface area (Å²) in [6.45, 7) is 3.46. The smallest absolute Gasteiger partial charge is 0.340 e. The minimum Gasteiger partial charge on any atom is -0.449 e. The number of pyridine rings is 1. The number of amides is 1. The van der Waals surface area contributed by atoms with E-state index in [4.69, 9.17) is 4.74 Å². The number of carbonyl (C=O) groups is 2. The summed E-state index contributed by atoms with van der Waals surface area (Å²) in [6, 6.07) is 12.3. The fourth-order valence-corrected chi connectivity index (χ4v) is 2.92. The summed E-state index contributed by atoms with van der Waals surface area (Å²) in [4.78, 5) is 41.7. The fourth-order valence-electron chi connectivity index (χ4n) is 2.92. The van der Waals surface area contributed by atoms with Crippen LogP contribution in [0.3, 0.4) is 0 Å². The molecule has 0 bridgehead atoms. The number of nitrogens with zero attached hydrogens (tertiary/aromatic N) is 3. The number of hydrogen-bond acceptors (Lipinski definition) is 5. The Balaban J connectivity index is 1.83. The second-order valence-corrected chi connectivity index (χ2v) is 6.47. The summed E-state index contributed by atoms with van der Waals surface area (Å²) in [6.07, 6.45) is 2.13. The zero-order valence-electron chi connectivity index (χ0n) is 16.5. The number of nitrogens with one attached hydrogen (secondary N) is 1. The van der Waals surface area contributed by atoms with Crippen molar-refractivity contribution in [2.75, 3.05) is 5.32 Å². The molecule has 0 aliphatic carbocycles. The monoisotopic (exact) mass is 394 g/mol. The quantitative estimate of drug-likeness (QED) is 0.648. The van der Waals surface area contributed by atoms with Gasteiger partial charge in [-0.3, -0.25) is 19.3 Å². The Morgan fingerprint density at radius 2 is 1.90 bits per heavy atom. The third kappa shape index (κ3) is 4.11. The van der Waals surface area contributed by atoms with Gasteiger partial charge in [-0.1, -0.05) is 25.1 Å². The molecule has 1 aromatic carbocycles. The Labute approximate surface area is 167 Å². The van der Waals surface area contributed by atoms with Gasteiger partial charge in [0.15, 0.2) is 6.10 Å². The lowest BCUT2D eigenvalue weighted by Gasteiger charge is -2.15. The number of ether oxygens (including phenoxy) is 1. The normalized spacial score (nSPS) is 11.7. The van der Waals surface area contributed by atoms with Gasteiger partial charge in [-0.25, -0.2) is 9.48 Å². The van der Waals surface area contributed by atoms with Gasteiger partial charge in [0.25, 0.3) is 11.5 Å². The van der Waals surface area contributed by atoms with Crippen molar-refractivity contribution in [3.05, 3.63) is 76.5 Å². The molecule has 0 fully saturated rings. The number of hydrogen-bond donors (Lipinski definition) is 1. The van der Waals surface area contributed by atoms with E-state index < -0.39 is 18.0 Å². The Morgan fingerprint density at radius 1 is 1.17 bits per heavy atom. The molecule has 8 nitrogen and oxygen atoms in total. The van der Waals surface area contributed by atoms with E-state index in [9.17, 15) is 14.4 Å². The predicted octanol–water partition coefficient (Wildman–Crippen LogP) is 2.45. The van der Waals surface area contributed by atoms with E-state index in [0.717, 1.165) is 0 Å². The van der Waals surface area contributed by atoms with Crippen LogP contribution in [0, 0.1) is 6.92 Å². The van der Waals surface area contributed by atoms with Gasteiger partial charge in [0.1, 0.15) is 5.69 Å². The second kappa shape index (κ2) is 8.55. The van der Waals surface area contributed by atoms with Crippen LogP contribution >= 0.6 is 0 Å². The van der Waals surface area contributed by atoms with Crippen molar-refractivity contribution in [3.8, 4) is 5.69 Å². The van der Waals surface area contributed by atoms with Crippen molar-refractivity contribution in [2.24, 2.45) is 7.05 Å². The number of rotatable bonds is 6. The van der Waals surface area contributed by atoms with Crippen LogP contribution in [0.15, 0.2) is 59.7 Å². The van der Waals surface area contributed by atoms with Gasteiger partial charge < -0.3 is 10.1 Å². The van der Waals surface area contributed by atoms with Gasteiger partial charge in [-0.2, -0.15) is 0 Å². The summed E-state index contributed by atoms with van der Waals surface area (Å²) in [5, 5.41) is 2.63. The van der Waals surface area contributed by atoms with Crippen LogP contribution < -0.4 is 10.9 Å². The van der Waals surface area contributed by atoms with E-state index in [1.807, 2.05) is 18.2 Å². The molecule has 1 atom stereocenters. The minimum atomic E-state index is -1.04. The summed E-state index contributed by atoms with van der Waals surface area (Å²) in [7, 11) is 1.74.